The molecule has 0 bridgehead atoms. The van der Waals surface area contributed by atoms with Crippen LogP contribution < -0.4 is 5.32 Å². The number of carbonyl (C=O) groups is 1. The third-order valence-electron chi connectivity index (χ3n) is 4.31. The Morgan fingerprint density at radius 3 is 2.69 bits per heavy atom. The smallest absolute Gasteiger partial charge is 0.356 e. The fourth-order valence-electron chi connectivity index (χ4n) is 2.81. The Balaban J connectivity index is 1.43. The summed E-state index contributed by atoms with van der Waals surface area (Å²) < 4.78 is 41.7. The predicted octanol–water partition coefficient (Wildman–Crippen LogP) is 2.88. The fourth-order valence-corrected chi connectivity index (χ4v) is 2.81. The van der Waals surface area contributed by atoms with E-state index in [1.165, 1.54) is 4.68 Å². The summed E-state index contributed by atoms with van der Waals surface area (Å²) in [7, 11) is 0. The van der Waals surface area contributed by atoms with Gasteiger partial charge in [0.05, 0.1) is 5.69 Å². The first-order valence-corrected chi connectivity index (χ1v) is 8.74. The molecule has 6 nitrogen and oxygen atoms in total. The topological polar surface area (TPSA) is 64.7 Å². The maximum absolute atomic E-state index is 12.8. The number of halogens is 3. The van der Waals surface area contributed by atoms with Gasteiger partial charge in [0.1, 0.15) is 0 Å². The summed E-state index contributed by atoms with van der Waals surface area (Å²) in [5.41, 5.74) is 0.713. The maximum atomic E-state index is 12.8. The van der Waals surface area contributed by atoms with Crippen molar-refractivity contribution in [3.63, 3.8) is 0 Å². The fraction of sp³-hybridized carbons (Fsp3) is 0.588. The van der Waals surface area contributed by atoms with Gasteiger partial charge in [-0.3, -0.25) is 14.2 Å². The highest BCUT2D eigenvalue weighted by atomic mass is 19.4. The van der Waals surface area contributed by atoms with E-state index in [0.717, 1.165) is 24.6 Å². The van der Waals surface area contributed by atoms with Crippen molar-refractivity contribution in [1.82, 2.24) is 24.9 Å². The van der Waals surface area contributed by atoms with E-state index in [0.29, 0.717) is 38.2 Å². The number of nitrogens with one attached hydrogen (secondary N) is 1. The van der Waals surface area contributed by atoms with Crippen LogP contribution in [-0.4, -0.2) is 32.0 Å². The molecule has 1 amide bonds. The van der Waals surface area contributed by atoms with Gasteiger partial charge >= 0.3 is 6.18 Å². The summed E-state index contributed by atoms with van der Waals surface area (Å²) in [6, 6.07) is 3.02. The van der Waals surface area contributed by atoms with Gasteiger partial charge in [-0.05, 0) is 38.3 Å². The first-order valence-electron chi connectivity index (χ1n) is 8.74. The molecule has 142 valence electrons. The summed E-state index contributed by atoms with van der Waals surface area (Å²) in [5.74, 6) is 0.0859. The van der Waals surface area contributed by atoms with Gasteiger partial charge in [0.25, 0.3) is 0 Å². The van der Waals surface area contributed by atoms with Crippen LogP contribution in [0.25, 0.3) is 0 Å². The number of carbonyl (C=O) groups excluding carboxylic acids is 1. The molecule has 2 heterocycles. The van der Waals surface area contributed by atoms with Crippen molar-refractivity contribution >= 4 is 5.91 Å². The van der Waals surface area contributed by atoms with Crippen molar-refractivity contribution in [2.75, 3.05) is 6.54 Å². The lowest BCUT2D eigenvalue weighted by Crippen LogP contribution is -2.26. The van der Waals surface area contributed by atoms with Crippen molar-refractivity contribution in [1.29, 1.82) is 0 Å². The Morgan fingerprint density at radius 2 is 2.08 bits per heavy atom. The Kier molecular flexibility index (Phi) is 5.33. The normalized spacial score (nSPS) is 14.6. The lowest BCUT2D eigenvalue weighted by molar-refractivity contribution is -0.141. The third-order valence-corrected chi connectivity index (χ3v) is 4.31. The summed E-state index contributed by atoms with van der Waals surface area (Å²) in [6.45, 7) is 3.15. The molecule has 1 aliphatic rings. The van der Waals surface area contributed by atoms with Crippen LogP contribution in [0.1, 0.15) is 48.7 Å². The van der Waals surface area contributed by atoms with E-state index in [4.69, 9.17) is 0 Å². The standard InChI is InChI=1S/C17H22F3N5O/c1-12-5-9-24(22-12)10-6-16(26)21-7-2-8-25-14(13-3-4-13)11-15(23-25)17(18,19)20/h5,9,11,13H,2-4,6-8,10H2,1H3,(H,21,26). The monoisotopic (exact) mass is 369 g/mol. The van der Waals surface area contributed by atoms with E-state index in [1.807, 2.05) is 19.2 Å². The zero-order valence-electron chi connectivity index (χ0n) is 14.6. The maximum Gasteiger partial charge on any atom is 0.435 e. The van der Waals surface area contributed by atoms with Gasteiger partial charge in [0.15, 0.2) is 5.69 Å². The number of hydrogen-bond acceptors (Lipinski definition) is 3. The second kappa shape index (κ2) is 7.51. The van der Waals surface area contributed by atoms with Gasteiger partial charge < -0.3 is 5.32 Å². The predicted molar refractivity (Wildman–Crippen MR) is 88.4 cm³/mol. The molecule has 0 radical (unpaired) electrons. The average Bonchev–Trinajstić information content (AvgIpc) is 3.18. The molecule has 1 saturated carbocycles. The van der Waals surface area contributed by atoms with Crippen molar-refractivity contribution in [3.8, 4) is 0 Å². The van der Waals surface area contributed by atoms with Gasteiger partial charge in [0.2, 0.25) is 5.91 Å². The molecule has 2 aromatic heterocycles. The minimum atomic E-state index is -4.42. The quantitative estimate of drug-likeness (QED) is 0.728. The van der Waals surface area contributed by atoms with Crippen LogP contribution in [-0.2, 0) is 24.1 Å². The van der Waals surface area contributed by atoms with Crippen LogP contribution in [0.2, 0.25) is 0 Å². The molecule has 0 aromatic carbocycles. The van der Waals surface area contributed by atoms with Gasteiger partial charge in [0, 0.05) is 43.9 Å². The molecule has 0 saturated heterocycles. The number of nitrogens with zero attached hydrogens (tertiary/aromatic N) is 4. The summed E-state index contributed by atoms with van der Waals surface area (Å²) in [4.78, 5) is 11.8. The minimum absolute atomic E-state index is 0.1000. The van der Waals surface area contributed by atoms with Crippen molar-refractivity contribution in [3.05, 3.63) is 35.4 Å². The van der Waals surface area contributed by atoms with E-state index in [-0.39, 0.29) is 11.8 Å². The van der Waals surface area contributed by atoms with Crippen LogP contribution in [0.4, 0.5) is 13.2 Å². The van der Waals surface area contributed by atoms with Crippen LogP contribution in [0, 0.1) is 6.92 Å². The second-order valence-electron chi connectivity index (χ2n) is 6.62. The Labute approximate surface area is 149 Å². The van der Waals surface area contributed by atoms with E-state index >= 15 is 0 Å². The number of hydrogen-bond donors (Lipinski definition) is 1. The van der Waals surface area contributed by atoms with Crippen LogP contribution in [0.15, 0.2) is 18.3 Å². The number of rotatable bonds is 8. The zero-order chi connectivity index (χ0) is 18.7. The summed E-state index contributed by atoms with van der Waals surface area (Å²) in [5, 5.41) is 10.7. The molecule has 1 fully saturated rings. The van der Waals surface area contributed by atoms with Crippen molar-refractivity contribution in [2.45, 2.75) is 57.8 Å². The molecule has 3 rings (SSSR count). The molecule has 1 aliphatic carbocycles. The molecule has 2 aromatic rings. The first kappa shape index (κ1) is 18.5. The molecule has 0 spiro atoms. The van der Waals surface area contributed by atoms with Crippen molar-refractivity contribution in [2.24, 2.45) is 0 Å². The molecular formula is C17H22F3N5O. The van der Waals surface area contributed by atoms with Crippen LogP contribution in [0.3, 0.4) is 0 Å². The summed E-state index contributed by atoms with van der Waals surface area (Å²) >= 11 is 0. The van der Waals surface area contributed by atoms with Gasteiger partial charge in [-0.1, -0.05) is 0 Å². The van der Waals surface area contributed by atoms with E-state index < -0.39 is 11.9 Å². The highest BCUT2D eigenvalue weighted by Crippen LogP contribution is 2.42. The average molecular weight is 369 g/mol. The first-order chi connectivity index (χ1) is 12.3. The zero-order valence-corrected chi connectivity index (χ0v) is 14.6. The van der Waals surface area contributed by atoms with E-state index in [9.17, 15) is 18.0 Å². The number of alkyl halides is 3. The number of aryl methyl sites for hydroxylation is 3. The van der Waals surface area contributed by atoms with E-state index in [1.54, 1.807) is 4.68 Å². The third kappa shape index (κ3) is 4.86. The van der Waals surface area contributed by atoms with E-state index in [2.05, 4.69) is 15.5 Å². The van der Waals surface area contributed by atoms with Gasteiger partial charge in [-0.25, -0.2) is 0 Å². The molecule has 0 unspecified atom stereocenters. The molecule has 0 atom stereocenters. The highest BCUT2D eigenvalue weighted by molar-refractivity contribution is 5.75. The SMILES string of the molecule is Cc1ccn(CCC(=O)NCCCn2nc(C(F)(F)F)cc2C2CC2)n1. The molecular weight excluding hydrogens is 347 g/mol. The van der Waals surface area contributed by atoms with Crippen molar-refractivity contribution < 1.29 is 18.0 Å². The lowest BCUT2D eigenvalue weighted by Gasteiger charge is -2.08. The van der Waals surface area contributed by atoms with Crippen LogP contribution in [0.5, 0.6) is 0 Å². The highest BCUT2D eigenvalue weighted by Gasteiger charge is 2.37. The number of amides is 1. The molecule has 26 heavy (non-hydrogen) atoms. The lowest BCUT2D eigenvalue weighted by atomic mass is 10.2. The molecule has 1 N–H and O–H groups in total. The van der Waals surface area contributed by atoms with Gasteiger partial charge in [-0.2, -0.15) is 23.4 Å². The Hall–Kier alpha value is -2.32. The Bertz CT molecular complexity index is 761. The second-order valence-corrected chi connectivity index (χ2v) is 6.62. The van der Waals surface area contributed by atoms with Gasteiger partial charge in [-0.15, -0.1) is 0 Å². The molecule has 9 heteroatoms. The van der Waals surface area contributed by atoms with Crippen LogP contribution >= 0.6 is 0 Å². The molecule has 0 aliphatic heterocycles. The largest absolute Gasteiger partial charge is 0.435 e. The Morgan fingerprint density at radius 1 is 1.31 bits per heavy atom. The summed E-state index contributed by atoms with van der Waals surface area (Å²) in [6.07, 6.45) is 0.0605. The number of aromatic nitrogens is 4. The minimum Gasteiger partial charge on any atom is -0.356 e.